The van der Waals surface area contributed by atoms with Gasteiger partial charge in [0.05, 0.1) is 15.8 Å². The quantitative estimate of drug-likeness (QED) is 0.896. The van der Waals surface area contributed by atoms with Crippen molar-refractivity contribution in [1.82, 2.24) is 0 Å². The summed E-state index contributed by atoms with van der Waals surface area (Å²) >= 11 is 5.77. The first-order chi connectivity index (χ1) is 10.3. The van der Waals surface area contributed by atoms with E-state index in [1.54, 1.807) is 19.1 Å². The summed E-state index contributed by atoms with van der Waals surface area (Å²) in [6.07, 6.45) is 0. The van der Waals surface area contributed by atoms with E-state index in [1.807, 2.05) is 0 Å². The second-order valence-corrected chi connectivity index (χ2v) is 7.15. The van der Waals surface area contributed by atoms with Crippen molar-refractivity contribution in [3.63, 3.8) is 0 Å². The summed E-state index contributed by atoms with van der Waals surface area (Å²) in [6, 6.07) is 11.2. The van der Waals surface area contributed by atoms with Crippen LogP contribution in [-0.2, 0) is 14.6 Å². The van der Waals surface area contributed by atoms with Crippen molar-refractivity contribution in [2.45, 2.75) is 22.8 Å². The van der Waals surface area contributed by atoms with E-state index in [1.165, 1.54) is 36.4 Å². The highest BCUT2D eigenvalue weighted by molar-refractivity contribution is 7.91. The molecule has 0 aliphatic rings. The van der Waals surface area contributed by atoms with Crippen molar-refractivity contribution in [1.29, 1.82) is 0 Å². The number of hydrogen-bond acceptors (Lipinski definition) is 4. The predicted octanol–water partition coefficient (Wildman–Crippen LogP) is 2.46. The van der Waals surface area contributed by atoms with Gasteiger partial charge in [-0.05, 0) is 49.4 Å². The first-order valence-corrected chi connectivity index (χ1v) is 8.34. The van der Waals surface area contributed by atoms with E-state index < -0.39 is 15.9 Å². The molecule has 3 N–H and O–H groups in total. The van der Waals surface area contributed by atoms with Gasteiger partial charge in [0.25, 0.3) is 0 Å². The Hall–Kier alpha value is -1.89. The summed E-state index contributed by atoms with van der Waals surface area (Å²) < 4.78 is 25.1. The van der Waals surface area contributed by atoms with Crippen LogP contribution in [0.2, 0.25) is 5.02 Å². The van der Waals surface area contributed by atoms with Crippen molar-refractivity contribution in [3.05, 3.63) is 53.6 Å². The molecular weight excluding hydrogens is 324 g/mol. The maximum Gasteiger partial charge on any atom is 0.240 e. The lowest BCUT2D eigenvalue weighted by Crippen LogP contribution is -2.32. The number of carbonyl (C=O) groups excluding carboxylic acids is 1. The predicted molar refractivity (Wildman–Crippen MR) is 85.6 cm³/mol. The Labute approximate surface area is 134 Å². The molecule has 0 saturated carbocycles. The molecule has 2 aromatic carbocycles. The van der Waals surface area contributed by atoms with Gasteiger partial charge in [0, 0.05) is 10.7 Å². The number of nitrogens with one attached hydrogen (secondary N) is 1. The summed E-state index contributed by atoms with van der Waals surface area (Å²) in [5.41, 5.74) is 5.84. The first-order valence-electron chi connectivity index (χ1n) is 6.48. The molecule has 1 atom stereocenters. The Kier molecular flexibility index (Phi) is 4.85. The van der Waals surface area contributed by atoms with Gasteiger partial charge >= 0.3 is 0 Å². The Morgan fingerprint density at radius 2 is 1.77 bits per heavy atom. The van der Waals surface area contributed by atoms with E-state index in [4.69, 9.17) is 17.3 Å². The fourth-order valence-corrected chi connectivity index (χ4v) is 3.18. The van der Waals surface area contributed by atoms with Gasteiger partial charge in [0.15, 0.2) is 0 Å². The van der Waals surface area contributed by atoms with Gasteiger partial charge in [-0.25, -0.2) is 8.42 Å². The monoisotopic (exact) mass is 338 g/mol. The number of rotatable bonds is 4. The summed E-state index contributed by atoms with van der Waals surface area (Å²) in [5, 5.41) is 3.02. The van der Waals surface area contributed by atoms with Crippen LogP contribution in [0.5, 0.6) is 0 Å². The van der Waals surface area contributed by atoms with Crippen LogP contribution in [0.3, 0.4) is 0 Å². The number of benzene rings is 2. The minimum absolute atomic E-state index is 0.0808. The number of amides is 1. The van der Waals surface area contributed by atoms with Gasteiger partial charge in [-0.15, -0.1) is 0 Å². The lowest BCUT2D eigenvalue weighted by atomic mass is 10.3. The van der Waals surface area contributed by atoms with E-state index >= 15 is 0 Å². The van der Waals surface area contributed by atoms with Crippen LogP contribution in [-0.4, -0.2) is 20.4 Å². The molecule has 0 aliphatic carbocycles. The molecule has 2 rings (SSSR count). The number of nitrogens with two attached hydrogens (primary N) is 1. The van der Waals surface area contributed by atoms with Crippen LogP contribution in [0.1, 0.15) is 6.92 Å². The fourth-order valence-electron chi connectivity index (χ4n) is 1.75. The standard InChI is InChI=1S/C15H15ClN2O3S/c1-10(17)15(19)18-12-3-2-4-14(9-12)22(20,21)13-7-5-11(16)6-8-13/h2-10H,17H2,1H3,(H,18,19). The van der Waals surface area contributed by atoms with Crippen molar-refractivity contribution < 1.29 is 13.2 Å². The van der Waals surface area contributed by atoms with Crippen molar-refractivity contribution in [2.75, 3.05) is 5.32 Å². The van der Waals surface area contributed by atoms with Gasteiger partial charge in [-0.2, -0.15) is 0 Å². The number of sulfone groups is 1. The van der Waals surface area contributed by atoms with E-state index in [2.05, 4.69) is 5.32 Å². The maximum absolute atomic E-state index is 12.5. The average molecular weight is 339 g/mol. The lowest BCUT2D eigenvalue weighted by Gasteiger charge is -2.10. The first kappa shape index (κ1) is 16.5. The molecule has 1 amide bonds. The average Bonchev–Trinajstić information content (AvgIpc) is 2.48. The molecule has 0 spiro atoms. The molecule has 5 nitrogen and oxygen atoms in total. The molecule has 0 aliphatic heterocycles. The molecule has 0 aromatic heterocycles. The van der Waals surface area contributed by atoms with Gasteiger partial charge in [-0.1, -0.05) is 17.7 Å². The van der Waals surface area contributed by atoms with Crippen molar-refractivity contribution in [3.8, 4) is 0 Å². The SMILES string of the molecule is CC(N)C(=O)Nc1cccc(S(=O)(=O)c2ccc(Cl)cc2)c1. The normalized spacial score (nSPS) is 12.7. The Balaban J connectivity index is 2.36. The summed E-state index contributed by atoms with van der Waals surface area (Å²) in [7, 11) is -3.68. The Bertz CT molecular complexity index is 787. The minimum Gasteiger partial charge on any atom is -0.325 e. The van der Waals surface area contributed by atoms with Crippen LogP contribution < -0.4 is 11.1 Å². The molecule has 0 heterocycles. The zero-order valence-corrected chi connectivity index (χ0v) is 13.4. The van der Waals surface area contributed by atoms with E-state index in [9.17, 15) is 13.2 Å². The van der Waals surface area contributed by atoms with Gasteiger partial charge in [0.1, 0.15) is 0 Å². The van der Waals surface area contributed by atoms with Gasteiger partial charge in [-0.3, -0.25) is 4.79 Å². The lowest BCUT2D eigenvalue weighted by molar-refractivity contribution is -0.117. The van der Waals surface area contributed by atoms with Gasteiger partial charge < -0.3 is 11.1 Å². The second-order valence-electron chi connectivity index (χ2n) is 4.76. The third-order valence-corrected chi connectivity index (χ3v) is 4.97. The van der Waals surface area contributed by atoms with E-state index in [-0.39, 0.29) is 15.7 Å². The van der Waals surface area contributed by atoms with Crippen LogP contribution >= 0.6 is 11.6 Å². The number of carbonyl (C=O) groups is 1. The van der Waals surface area contributed by atoms with Crippen LogP contribution in [0.25, 0.3) is 0 Å². The smallest absolute Gasteiger partial charge is 0.240 e. The molecule has 7 heteroatoms. The molecule has 0 radical (unpaired) electrons. The Morgan fingerprint density at radius 1 is 1.14 bits per heavy atom. The molecule has 2 aromatic rings. The summed E-state index contributed by atoms with van der Waals surface area (Å²) in [4.78, 5) is 11.8. The molecular formula is C15H15ClN2O3S. The molecule has 1 unspecified atom stereocenters. The van der Waals surface area contributed by atoms with Gasteiger partial charge in [0.2, 0.25) is 15.7 Å². The molecule has 0 saturated heterocycles. The topological polar surface area (TPSA) is 89.3 Å². The number of anilines is 1. The minimum atomic E-state index is -3.68. The highest BCUT2D eigenvalue weighted by atomic mass is 35.5. The summed E-state index contributed by atoms with van der Waals surface area (Å²) in [6.45, 7) is 1.55. The van der Waals surface area contributed by atoms with Crippen LogP contribution in [0.4, 0.5) is 5.69 Å². The maximum atomic E-state index is 12.5. The highest BCUT2D eigenvalue weighted by Crippen LogP contribution is 2.24. The van der Waals surface area contributed by atoms with Crippen molar-refractivity contribution >= 4 is 33.0 Å². The number of halogens is 1. The largest absolute Gasteiger partial charge is 0.325 e. The van der Waals surface area contributed by atoms with E-state index in [0.717, 1.165) is 0 Å². The third kappa shape index (κ3) is 3.65. The molecule has 0 fully saturated rings. The second kappa shape index (κ2) is 6.48. The highest BCUT2D eigenvalue weighted by Gasteiger charge is 2.18. The van der Waals surface area contributed by atoms with Crippen LogP contribution in [0, 0.1) is 0 Å². The third-order valence-electron chi connectivity index (χ3n) is 2.95. The molecule has 116 valence electrons. The fraction of sp³-hybridized carbons (Fsp3) is 0.133. The number of hydrogen-bond donors (Lipinski definition) is 2. The van der Waals surface area contributed by atoms with Crippen molar-refractivity contribution in [2.24, 2.45) is 5.73 Å². The molecule has 0 bridgehead atoms. The zero-order valence-electron chi connectivity index (χ0n) is 11.8. The summed E-state index contributed by atoms with van der Waals surface area (Å²) in [5.74, 6) is -0.388. The molecule has 22 heavy (non-hydrogen) atoms. The Morgan fingerprint density at radius 3 is 2.36 bits per heavy atom. The van der Waals surface area contributed by atoms with E-state index in [0.29, 0.717) is 10.7 Å². The zero-order chi connectivity index (χ0) is 16.3. The van der Waals surface area contributed by atoms with Crippen LogP contribution in [0.15, 0.2) is 58.3 Å².